The van der Waals surface area contributed by atoms with Gasteiger partial charge in [0, 0.05) is 31.4 Å². The number of methoxy groups -OCH3 is 1. The SMILES string of the molecule is CCNC(=NCc1ccc(OC)nc1)NCC1CCCN1CC. The Hall–Kier alpha value is -1.82. The van der Waals surface area contributed by atoms with E-state index in [4.69, 9.17) is 4.74 Å². The first-order valence-electron chi connectivity index (χ1n) is 8.52. The number of ether oxygens (including phenoxy) is 1. The predicted octanol–water partition coefficient (Wildman–Crippen LogP) is 1.63. The number of aliphatic imine (C=N–C) groups is 1. The molecule has 1 unspecified atom stereocenters. The van der Waals surface area contributed by atoms with Crippen LogP contribution in [0.15, 0.2) is 23.3 Å². The summed E-state index contributed by atoms with van der Waals surface area (Å²) in [6.45, 7) is 9.06. The lowest BCUT2D eigenvalue weighted by molar-refractivity contribution is 0.267. The molecule has 23 heavy (non-hydrogen) atoms. The average molecular weight is 319 g/mol. The Kier molecular flexibility index (Phi) is 7.13. The van der Waals surface area contributed by atoms with Crippen LogP contribution in [-0.2, 0) is 6.54 Å². The van der Waals surface area contributed by atoms with Crippen LogP contribution < -0.4 is 15.4 Å². The van der Waals surface area contributed by atoms with E-state index in [1.807, 2.05) is 18.3 Å². The first kappa shape index (κ1) is 17.5. The average Bonchev–Trinajstić information content (AvgIpc) is 3.05. The first-order valence-corrected chi connectivity index (χ1v) is 8.52. The first-order chi connectivity index (χ1) is 11.3. The standard InChI is InChI=1S/C17H29N5O/c1-4-18-17(21-13-15-7-6-10-22(15)5-2)20-12-14-8-9-16(23-3)19-11-14/h8-9,11,15H,4-7,10,12-13H2,1-3H3,(H2,18,20,21). The van der Waals surface area contributed by atoms with Crippen molar-refractivity contribution < 1.29 is 4.74 Å². The number of hydrogen-bond acceptors (Lipinski definition) is 4. The van der Waals surface area contributed by atoms with Crippen LogP contribution in [-0.4, -0.2) is 55.2 Å². The highest BCUT2D eigenvalue weighted by molar-refractivity contribution is 5.79. The van der Waals surface area contributed by atoms with Gasteiger partial charge in [0.2, 0.25) is 5.88 Å². The van der Waals surface area contributed by atoms with Crippen LogP contribution in [0.4, 0.5) is 0 Å². The van der Waals surface area contributed by atoms with E-state index in [2.05, 4.69) is 39.4 Å². The number of hydrogen-bond donors (Lipinski definition) is 2. The molecular formula is C17H29N5O. The van der Waals surface area contributed by atoms with E-state index in [9.17, 15) is 0 Å². The van der Waals surface area contributed by atoms with Gasteiger partial charge in [0.05, 0.1) is 13.7 Å². The lowest BCUT2D eigenvalue weighted by Gasteiger charge is -2.24. The van der Waals surface area contributed by atoms with Gasteiger partial charge in [-0.2, -0.15) is 0 Å². The van der Waals surface area contributed by atoms with Crippen molar-refractivity contribution in [2.75, 3.05) is 33.3 Å². The van der Waals surface area contributed by atoms with E-state index in [0.29, 0.717) is 18.5 Å². The summed E-state index contributed by atoms with van der Waals surface area (Å²) in [4.78, 5) is 11.4. The van der Waals surface area contributed by atoms with Gasteiger partial charge in [-0.3, -0.25) is 4.90 Å². The fourth-order valence-electron chi connectivity index (χ4n) is 2.89. The maximum Gasteiger partial charge on any atom is 0.212 e. The molecule has 2 rings (SSSR count). The van der Waals surface area contributed by atoms with Crippen LogP contribution in [0.2, 0.25) is 0 Å². The molecule has 6 nitrogen and oxygen atoms in total. The third kappa shape index (κ3) is 5.39. The van der Waals surface area contributed by atoms with Gasteiger partial charge >= 0.3 is 0 Å². The quantitative estimate of drug-likeness (QED) is 0.591. The molecule has 1 aliphatic rings. The number of likely N-dealkylation sites (N-methyl/N-ethyl adjacent to an activating group) is 1. The minimum atomic E-state index is 0.606. The maximum absolute atomic E-state index is 5.07. The van der Waals surface area contributed by atoms with Gasteiger partial charge in [0.1, 0.15) is 0 Å². The van der Waals surface area contributed by atoms with E-state index >= 15 is 0 Å². The van der Waals surface area contributed by atoms with Crippen molar-refractivity contribution in [1.29, 1.82) is 0 Å². The minimum Gasteiger partial charge on any atom is -0.481 e. The van der Waals surface area contributed by atoms with E-state index in [0.717, 1.165) is 31.2 Å². The topological polar surface area (TPSA) is 61.8 Å². The molecule has 1 aliphatic heterocycles. The van der Waals surface area contributed by atoms with Gasteiger partial charge in [0.25, 0.3) is 0 Å². The molecule has 1 aromatic rings. The molecule has 0 aliphatic carbocycles. The predicted molar refractivity (Wildman–Crippen MR) is 93.9 cm³/mol. The summed E-state index contributed by atoms with van der Waals surface area (Å²) in [7, 11) is 1.62. The van der Waals surface area contributed by atoms with E-state index in [1.165, 1.54) is 19.4 Å². The minimum absolute atomic E-state index is 0.606. The second kappa shape index (κ2) is 9.35. The molecule has 0 bridgehead atoms. The second-order valence-electron chi connectivity index (χ2n) is 5.71. The summed E-state index contributed by atoms with van der Waals surface area (Å²) in [5.74, 6) is 1.50. The van der Waals surface area contributed by atoms with Crippen LogP contribution in [0.3, 0.4) is 0 Å². The highest BCUT2D eigenvalue weighted by atomic mass is 16.5. The number of aromatic nitrogens is 1. The summed E-state index contributed by atoms with van der Waals surface area (Å²) in [6, 6.07) is 4.48. The number of nitrogens with one attached hydrogen (secondary N) is 2. The van der Waals surface area contributed by atoms with Crippen molar-refractivity contribution in [3.05, 3.63) is 23.9 Å². The molecule has 0 amide bonds. The van der Waals surface area contributed by atoms with Crippen LogP contribution in [0.1, 0.15) is 32.3 Å². The molecule has 6 heteroatoms. The summed E-state index contributed by atoms with van der Waals surface area (Å²) < 4.78 is 5.07. The van der Waals surface area contributed by atoms with Crippen molar-refractivity contribution in [1.82, 2.24) is 20.5 Å². The van der Waals surface area contributed by atoms with Gasteiger partial charge < -0.3 is 15.4 Å². The lowest BCUT2D eigenvalue weighted by atomic mass is 10.2. The fourth-order valence-corrected chi connectivity index (χ4v) is 2.89. The zero-order valence-corrected chi connectivity index (χ0v) is 14.5. The molecule has 0 spiro atoms. The van der Waals surface area contributed by atoms with Crippen molar-refractivity contribution in [3.63, 3.8) is 0 Å². The molecule has 1 fully saturated rings. The molecule has 0 radical (unpaired) electrons. The third-order valence-corrected chi connectivity index (χ3v) is 4.18. The summed E-state index contributed by atoms with van der Waals surface area (Å²) in [5, 5.41) is 6.78. The van der Waals surface area contributed by atoms with Gasteiger partial charge in [-0.15, -0.1) is 0 Å². The molecule has 128 valence electrons. The largest absolute Gasteiger partial charge is 0.481 e. The van der Waals surface area contributed by atoms with Crippen LogP contribution in [0.5, 0.6) is 5.88 Å². The highest BCUT2D eigenvalue weighted by Crippen LogP contribution is 2.15. The Morgan fingerprint density at radius 2 is 2.26 bits per heavy atom. The van der Waals surface area contributed by atoms with Gasteiger partial charge in [-0.25, -0.2) is 9.98 Å². The van der Waals surface area contributed by atoms with Crippen LogP contribution in [0, 0.1) is 0 Å². The smallest absolute Gasteiger partial charge is 0.212 e. The van der Waals surface area contributed by atoms with Crippen molar-refractivity contribution in [2.45, 2.75) is 39.3 Å². The Labute approximate surface area is 139 Å². The zero-order valence-electron chi connectivity index (χ0n) is 14.5. The summed E-state index contributed by atoms with van der Waals surface area (Å²) in [5.41, 5.74) is 1.07. The molecule has 2 heterocycles. The fraction of sp³-hybridized carbons (Fsp3) is 0.647. The van der Waals surface area contributed by atoms with Crippen molar-refractivity contribution >= 4 is 5.96 Å². The zero-order chi connectivity index (χ0) is 16.5. The Balaban J connectivity index is 1.88. The Morgan fingerprint density at radius 1 is 1.39 bits per heavy atom. The number of guanidine groups is 1. The normalized spacial score (nSPS) is 18.9. The van der Waals surface area contributed by atoms with Gasteiger partial charge in [-0.05, 0) is 38.4 Å². The second-order valence-corrected chi connectivity index (χ2v) is 5.71. The van der Waals surface area contributed by atoms with Crippen molar-refractivity contribution in [2.24, 2.45) is 4.99 Å². The molecule has 0 saturated carbocycles. The number of pyridine rings is 1. The number of likely N-dealkylation sites (tertiary alicyclic amines) is 1. The summed E-state index contributed by atoms with van der Waals surface area (Å²) >= 11 is 0. The van der Waals surface area contributed by atoms with E-state index < -0.39 is 0 Å². The van der Waals surface area contributed by atoms with Crippen molar-refractivity contribution in [3.8, 4) is 5.88 Å². The third-order valence-electron chi connectivity index (χ3n) is 4.18. The van der Waals surface area contributed by atoms with Crippen LogP contribution >= 0.6 is 0 Å². The number of rotatable bonds is 7. The molecular weight excluding hydrogens is 290 g/mol. The molecule has 1 atom stereocenters. The highest BCUT2D eigenvalue weighted by Gasteiger charge is 2.22. The van der Waals surface area contributed by atoms with Gasteiger partial charge in [0.15, 0.2) is 5.96 Å². The van der Waals surface area contributed by atoms with Crippen LogP contribution in [0.25, 0.3) is 0 Å². The lowest BCUT2D eigenvalue weighted by Crippen LogP contribution is -2.44. The monoisotopic (exact) mass is 319 g/mol. The van der Waals surface area contributed by atoms with E-state index in [-0.39, 0.29) is 0 Å². The molecule has 1 aromatic heterocycles. The molecule has 2 N–H and O–H groups in total. The molecule has 0 aromatic carbocycles. The Morgan fingerprint density at radius 3 is 2.91 bits per heavy atom. The molecule has 1 saturated heterocycles. The van der Waals surface area contributed by atoms with Gasteiger partial charge in [-0.1, -0.05) is 13.0 Å². The Bertz CT molecular complexity index is 488. The maximum atomic E-state index is 5.07. The van der Waals surface area contributed by atoms with E-state index in [1.54, 1.807) is 7.11 Å². The summed E-state index contributed by atoms with van der Waals surface area (Å²) in [6.07, 6.45) is 4.37. The number of nitrogens with zero attached hydrogens (tertiary/aromatic N) is 3.